The van der Waals surface area contributed by atoms with Gasteiger partial charge in [-0.05, 0) is 18.9 Å². The first-order chi connectivity index (χ1) is 9.14. The Hall–Kier alpha value is -0.820. The average Bonchev–Trinajstić information content (AvgIpc) is 2.38. The Bertz CT molecular complexity index is 316. The summed E-state index contributed by atoms with van der Waals surface area (Å²) in [6.07, 6.45) is 10.8. The van der Waals surface area contributed by atoms with E-state index in [0.29, 0.717) is 0 Å². The molecule has 1 unspecified atom stereocenters. The minimum Gasteiger partial charge on any atom is -0.390 e. The molecule has 1 N–H and O–H groups in total. The van der Waals surface area contributed by atoms with Crippen LogP contribution in [0.2, 0.25) is 0 Å². The van der Waals surface area contributed by atoms with Crippen LogP contribution in [0.3, 0.4) is 0 Å². The SMILES string of the molecule is CCCCCCCCCC(C)(O)Cc1ccccc1. The maximum Gasteiger partial charge on any atom is 0.0660 e. The molecule has 1 aromatic carbocycles. The van der Waals surface area contributed by atoms with Gasteiger partial charge in [-0.25, -0.2) is 0 Å². The summed E-state index contributed by atoms with van der Waals surface area (Å²) in [6.45, 7) is 4.22. The molecule has 0 bridgehead atoms. The van der Waals surface area contributed by atoms with Gasteiger partial charge in [-0.1, -0.05) is 82.2 Å². The molecule has 108 valence electrons. The van der Waals surface area contributed by atoms with Crippen LogP contribution < -0.4 is 0 Å². The Morgan fingerprint density at radius 1 is 0.895 bits per heavy atom. The zero-order valence-corrected chi connectivity index (χ0v) is 12.7. The summed E-state index contributed by atoms with van der Waals surface area (Å²) in [4.78, 5) is 0. The Labute approximate surface area is 119 Å². The highest BCUT2D eigenvalue weighted by molar-refractivity contribution is 5.16. The first kappa shape index (κ1) is 16.2. The van der Waals surface area contributed by atoms with E-state index in [0.717, 1.165) is 19.3 Å². The van der Waals surface area contributed by atoms with Crippen molar-refractivity contribution in [2.45, 2.75) is 77.2 Å². The molecule has 0 aliphatic rings. The fourth-order valence-electron chi connectivity index (χ4n) is 2.59. The first-order valence-electron chi connectivity index (χ1n) is 7.90. The molecule has 0 aromatic heterocycles. The van der Waals surface area contributed by atoms with E-state index in [2.05, 4.69) is 19.1 Å². The Morgan fingerprint density at radius 2 is 1.47 bits per heavy atom. The molecule has 0 saturated carbocycles. The standard InChI is InChI=1S/C18H30O/c1-3-4-5-6-7-8-12-15-18(2,19)16-17-13-10-9-11-14-17/h9-11,13-14,19H,3-8,12,15-16H2,1-2H3. The van der Waals surface area contributed by atoms with Crippen molar-refractivity contribution in [2.75, 3.05) is 0 Å². The third-order valence-electron chi connectivity index (χ3n) is 3.75. The minimum atomic E-state index is -0.551. The summed E-state index contributed by atoms with van der Waals surface area (Å²) in [7, 11) is 0. The molecule has 1 rings (SSSR count). The maximum absolute atomic E-state index is 10.4. The smallest absolute Gasteiger partial charge is 0.0660 e. The molecular formula is C18H30O. The molecule has 1 aromatic rings. The topological polar surface area (TPSA) is 20.2 Å². The second kappa shape index (κ2) is 9.14. The van der Waals surface area contributed by atoms with Crippen LogP contribution in [0.1, 0.15) is 70.8 Å². The van der Waals surface area contributed by atoms with Crippen molar-refractivity contribution >= 4 is 0 Å². The zero-order valence-electron chi connectivity index (χ0n) is 12.7. The van der Waals surface area contributed by atoms with Crippen molar-refractivity contribution in [3.05, 3.63) is 35.9 Å². The summed E-state index contributed by atoms with van der Waals surface area (Å²) in [5, 5.41) is 10.4. The zero-order chi connectivity index (χ0) is 14.0. The van der Waals surface area contributed by atoms with E-state index < -0.39 is 5.60 Å². The molecule has 0 radical (unpaired) electrons. The van der Waals surface area contributed by atoms with Crippen LogP contribution >= 0.6 is 0 Å². The Morgan fingerprint density at radius 3 is 2.11 bits per heavy atom. The minimum absolute atomic E-state index is 0.551. The highest BCUT2D eigenvalue weighted by Gasteiger charge is 2.19. The van der Waals surface area contributed by atoms with Crippen LogP contribution in [0.25, 0.3) is 0 Å². The summed E-state index contributed by atoms with van der Waals surface area (Å²) in [6, 6.07) is 10.3. The second-order valence-corrected chi connectivity index (χ2v) is 6.03. The Balaban J connectivity index is 2.13. The fourth-order valence-corrected chi connectivity index (χ4v) is 2.59. The van der Waals surface area contributed by atoms with E-state index >= 15 is 0 Å². The molecule has 0 aliphatic carbocycles. The van der Waals surface area contributed by atoms with Gasteiger partial charge in [0, 0.05) is 6.42 Å². The van der Waals surface area contributed by atoms with Crippen LogP contribution in [0.5, 0.6) is 0 Å². The predicted molar refractivity (Wildman–Crippen MR) is 83.4 cm³/mol. The van der Waals surface area contributed by atoms with Gasteiger partial charge in [0.15, 0.2) is 0 Å². The fraction of sp³-hybridized carbons (Fsp3) is 0.667. The number of benzene rings is 1. The molecule has 1 nitrogen and oxygen atoms in total. The number of rotatable bonds is 10. The third-order valence-corrected chi connectivity index (χ3v) is 3.75. The van der Waals surface area contributed by atoms with Gasteiger partial charge in [0.1, 0.15) is 0 Å². The molecule has 0 spiro atoms. The average molecular weight is 262 g/mol. The van der Waals surface area contributed by atoms with Gasteiger partial charge in [0.05, 0.1) is 5.60 Å². The van der Waals surface area contributed by atoms with E-state index in [1.54, 1.807) is 0 Å². The van der Waals surface area contributed by atoms with Crippen LogP contribution in [-0.4, -0.2) is 10.7 Å². The Kier molecular flexibility index (Phi) is 7.81. The first-order valence-corrected chi connectivity index (χ1v) is 7.90. The van der Waals surface area contributed by atoms with Crippen LogP contribution in [0.4, 0.5) is 0 Å². The number of hydrogen-bond acceptors (Lipinski definition) is 1. The summed E-state index contributed by atoms with van der Waals surface area (Å²) >= 11 is 0. The highest BCUT2D eigenvalue weighted by Crippen LogP contribution is 2.20. The van der Waals surface area contributed by atoms with E-state index in [4.69, 9.17) is 0 Å². The number of unbranched alkanes of at least 4 members (excludes halogenated alkanes) is 6. The number of hydrogen-bond donors (Lipinski definition) is 1. The van der Waals surface area contributed by atoms with Gasteiger partial charge >= 0.3 is 0 Å². The number of aliphatic hydroxyl groups is 1. The largest absolute Gasteiger partial charge is 0.390 e. The van der Waals surface area contributed by atoms with Crippen molar-refractivity contribution in [3.8, 4) is 0 Å². The molecule has 0 saturated heterocycles. The van der Waals surface area contributed by atoms with E-state index in [1.165, 1.54) is 44.1 Å². The van der Waals surface area contributed by atoms with E-state index in [9.17, 15) is 5.11 Å². The van der Waals surface area contributed by atoms with Gasteiger partial charge in [-0.2, -0.15) is 0 Å². The molecule has 1 heteroatoms. The van der Waals surface area contributed by atoms with Crippen LogP contribution in [0, 0.1) is 0 Å². The molecule has 0 fully saturated rings. The highest BCUT2D eigenvalue weighted by atomic mass is 16.3. The lowest BCUT2D eigenvalue weighted by Gasteiger charge is -2.23. The molecule has 0 amide bonds. The summed E-state index contributed by atoms with van der Waals surface area (Å²) in [5.74, 6) is 0. The lowest BCUT2D eigenvalue weighted by molar-refractivity contribution is 0.0484. The molecule has 0 heterocycles. The molecule has 19 heavy (non-hydrogen) atoms. The van der Waals surface area contributed by atoms with Gasteiger partial charge < -0.3 is 5.11 Å². The molecule has 1 atom stereocenters. The second-order valence-electron chi connectivity index (χ2n) is 6.03. The van der Waals surface area contributed by atoms with Crippen molar-refractivity contribution in [1.29, 1.82) is 0 Å². The quantitative estimate of drug-likeness (QED) is 0.580. The van der Waals surface area contributed by atoms with Crippen molar-refractivity contribution < 1.29 is 5.11 Å². The normalized spacial score (nSPS) is 14.3. The molecule has 0 aliphatic heterocycles. The molecular weight excluding hydrogens is 232 g/mol. The third kappa shape index (κ3) is 8.05. The van der Waals surface area contributed by atoms with Gasteiger partial charge in [0.2, 0.25) is 0 Å². The monoisotopic (exact) mass is 262 g/mol. The predicted octanol–water partition coefficient (Wildman–Crippen LogP) is 5.12. The van der Waals surface area contributed by atoms with Gasteiger partial charge in [-0.3, -0.25) is 0 Å². The van der Waals surface area contributed by atoms with Gasteiger partial charge in [0.25, 0.3) is 0 Å². The van der Waals surface area contributed by atoms with E-state index in [1.807, 2.05) is 25.1 Å². The lowest BCUT2D eigenvalue weighted by Crippen LogP contribution is -2.26. The van der Waals surface area contributed by atoms with Gasteiger partial charge in [-0.15, -0.1) is 0 Å². The lowest BCUT2D eigenvalue weighted by atomic mass is 9.91. The van der Waals surface area contributed by atoms with Crippen LogP contribution in [-0.2, 0) is 6.42 Å². The summed E-state index contributed by atoms with van der Waals surface area (Å²) < 4.78 is 0. The van der Waals surface area contributed by atoms with E-state index in [-0.39, 0.29) is 0 Å². The van der Waals surface area contributed by atoms with Crippen LogP contribution in [0.15, 0.2) is 30.3 Å². The van der Waals surface area contributed by atoms with Crippen molar-refractivity contribution in [3.63, 3.8) is 0 Å². The maximum atomic E-state index is 10.4. The van der Waals surface area contributed by atoms with Crippen molar-refractivity contribution in [2.24, 2.45) is 0 Å². The van der Waals surface area contributed by atoms with Crippen molar-refractivity contribution in [1.82, 2.24) is 0 Å². The summed E-state index contributed by atoms with van der Waals surface area (Å²) in [5.41, 5.74) is 0.681.